The molecule has 3 heteroatoms. The predicted octanol–water partition coefficient (Wildman–Crippen LogP) is 5.04. The fraction of sp³-hybridized carbons (Fsp3) is 0.105. The van der Waals surface area contributed by atoms with E-state index in [9.17, 15) is 0 Å². The Morgan fingerprint density at radius 3 is 1.76 bits per heavy atom. The minimum Gasteiger partial charge on any atom is -1.00 e. The van der Waals surface area contributed by atoms with E-state index in [0.29, 0.717) is 5.92 Å². The molecule has 0 heterocycles. The zero-order valence-electron chi connectivity index (χ0n) is 23.5. The molecule has 0 spiro atoms. The summed E-state index contributed by atoms with van der Waals surface area (Å²) < 4.78 is 0. The van der Waals surface area contributed by atoms with Gasteiger partial charge in [0.25, 0.3) is 0 Å². The molecular weight excluding hydrogens is 619 g/mol. The van der Waals surface area contributed by atoms with Crippen LogP contribution in [0.1, 0.15) is 30.9 Å². The molecule has 0 N–H and O–H groups in total. The summed E-state index contributed by atoms with van der Waals surface area (Å²) in [6.07, 6.45) is 0. The van der Waals surface area contributed by atoms with Gasteiger partial charge in [0.2, 0.25) is 0 Å². The van der Waals surface area contributed by atoms with Crippen LogP contribution in [0.3, 0.4) is 0 Å². The first-order chi connectivity index (χ1) is 18.6. The van der Waals surface area contributed by atoms with Gasteiger partial charge in [0, 0.05) is 0 Å². The molecule has 0 aliphatic heterocycles. The van der Waals surface area contributed by atoms with Crippen molar-refractivity contribution in [3.05, 3.63) is 145 Å². The van der Waals surface area contributed by atoms with E-state index in [1.807, 2.05) is 0 Å². The molecule has 0 nitrogen and oxygen atoms in total. The van der Waals surface area contributed by atoms with Crippen molar-refractivity contribution in [2.45, 2.75) is 26.7 Å². The van der Waals surface area contributed by atoms with Crippen molar-refractivity contribution in [2.24, 2.45) is 0 Å². The van der Waals surface area contributed by atoms with Crippen LogP contribution >= 0.6 is 0 Å². The van der Waals surface area contributed by atoms with Crippen molar-refractivity contribution >= 4 is 32.3 Å². The van der Waals surface area contributed by atoms with Crippen LogP contribution < -0.4 is 24.8 Å². The zero-order chi connectivity index (χ0) is 26.1. The SMILES string of the molecule is CC(C)c1cc2c(-c3ccccc3)cccc2[cH-]1.Cc1cc2c(-c3cccc4ccccc34)cccc2[cH-]1.[Cl-].[Cl-].[Zr+4]. The molecule has 0 saturated heterocycles. The maximum absolute atomic E-state index is 2.34. The van der Waals surface area contributed by atoms with Gasteiger partial charge >= 0.3 is 26.2 Å². The molecule has 7 rings (SSSR count). The van der Waals surface area contributed by atoms with E-state index in [2.05, 4.69) is 154 Å². The summed E-state index contributed by atoms with van der Waals surface area (Å²) in [6.45, 7) is 6.65. The van der Waals surface area contributed by atoms with Gasteiger partial charge < -0.3 is 24.8 Å². The van der Waals surface area contributed by atoms with Gasteiger partial charge in [0.15, 0.2) is 0 Å². The summed E-state index contributed by atoms with van der Waals surface area (Å²) >= 11 is 0. The van der Waals surface area contributed by atoms with Crippen LogP contribution in [0.5, 0.6) is 0 Å². The summed E-state index contributed by atoms with van der Waals surface area (Å²) in [5, 5.41) is 8.01. The molecule has 0 fully saturated rings. The average Bonchev–Trinajstić information content (AvgIpc) is 3.57. The normalized spacial score (nSPS) is 10.4. The van der Waals surface area contributed by atoms with Crippen LogP contribution in [0.4, 0.5) is 0 Å². The molecule has 7 aromatic rings. The largest absolute Gasteiger partial charge is 4.00 e. The van der Waals surface area contributed by atoms with Crippen molar-refractivity contribution in [1.29, 1.82) is 0 Å². The third-order valence-electron chi connectivity index (χ3n) is 7.50. The molecule has 0 aliphatic carbocycles. The molecule has 0 atom stereocenters. The van der Waals surface area contributed by atoms with Crippen molar-refractivity contribution in [1.82, 2.24) is 0 Å². The van der Waals surface area contributed by atoms with Gasteiger partial charge in [-0.3, -0.25) is 0 Å². The quantitative estimate of drug-likeness (QED) is 0.235. The molecule has 0 aliphatic rings. The van der Waals surface area contributed by atoms with E-state index >= 15 is 0 Å². The number of aryl methyl sites for hydroxylation is 1. The van der Waals surface area contributed by atoms with Gasteiger partial charge in [-0.15, -0.1) is 69.1 Å². The van der Waals surface area contributed by atoms with E-state index in [-0.39, 0.29) is 51.0 Å². The van der Waals surface area contributed by atoms with Crippen molar-refractivity contribution in [3.63, 3.8) is 0 Å². The molecule has 7 aromatic carbocycles. The van der Waals surface area contributed by atoms with E-state index in [0.717, 1.165) is 0 Å². The van der Waals surface area contributed by atoms with Crippen LogP contribution in [0.15, 0.2) is 133 Å². The Morgan fingerprint density at radius 2 is 1.05 bits per heavy atom. The third-order valence-corrected chi connectivity index (χ3v) is 7.50. The Bertz CT molecular complexity index is 1850. The van der Waals surface area contributed by atoms with Crippen LogP contribution in [0, 0.1) is 6.92 Å². The van der Waals surface area contributed by atoms with Crippen LogP contribution in [0.2, 0.25) is 0 Å². The Kier molecular flexibility index (Phi) is 11.3. The Morgan fingerprint density at radius 1 is 0.512 bits per heavy atom. The van der Waals surface area contributed by atoms with E-state index in [1.165, 1.54) is 65.7 Å². The van der Waals surface area contributed by atoms with E-state index in [4.69, 9.17) is 0 Å². The molecule has 202 valence electrons. The summed E-state index contributed by atoms with van der Waals surface area (Å²) in [4.78, 5) is 0. The fourth-order valence-electron chi connectivity index (χ4n) is 5.54. The number of hydrogen-bond acceptors (Lipinski definition) is 0. The van der Waals surface area contributed by atoms with Gasteiger partial charge in [0.1, 0.15) is 0 Å². The third kappa shape index (κ3) is 6.76. The Balaban J connectivity index is 0.000000211. The van der Waals surface area contributed by atoms with Crippen LogP contribution in [-0.4, -0.2) is 0 Å². The second kappa shape index (κ2) is 14.3. The smallest absolute Gasteiger partial charge is 1.00 e. The first-order valence-corrected chi connectivity index (χ1v) is 13.5. The van der Waals surface area contributed by atoms with Gasteiger partial charge in [-0.2, -0.15) is 12.1 Å². The van der Waals surface area contributed by atoms with Gasteiger partial charge in [-0.1, -0.05) is 117 Å². The minimum absolute atomic E-state index is 0. The molecule has 41 heavy (non-hydrogen) atoms. The number of halogens is 2. The summed E-state index contributed by atoms with van der Waals surface area (Å²) in [6, 6.07) is 48.1. The standard InChI is InChI=1S/C20H15.C18H17.2ClH.Zr/c1-14-12-16-8-5-11-19(20(16)13-14)18-10-4-7-15-6-2-3-9-17(15)18;1-13(2)16-11-15-9-6-10-17(18(15)12-16)14-7-4-3-5-8-14;;;/h2-13H,1H3;3-13H,1-2H3;2*1H;/q2*-1;;;+4/p-2. The summed E-state index contributed by atoms with van der Waals surface area (Å²) in [5.74, 6) is 0.584. The second-order valence-electron chi connectivity index (χ2n) is 10.5. The average molecular weight is 651 g/mol. The molecule has 0 aromatic heterocycles. The summed E-state index contributed by atoms with van der Waals surface area (Å²) in [5.41, 5.74) is 8.02. The topological polar surface area (TPSA) is 0 Å². The molecule has 0 radical (unpaired) electrons. The maximum Gasteiger partial charge on any atom is 4.00 e. The molecular formula is C38H32Cl2Zr. The summed E-state index contributed by atoms with van der Waals surface area (Å²) in [7, 11) is 0. The van der Waals surface area contributed by atoms with Crippen molar-refractivity contribution in [3.8, 4) is 22.3 Å². The maximum atomic E-state index is 2.34. The molecule has 0 unspecified atom stereocenters. The van der Waals surface area contributed by atoms with Gasteiger partial charge in [0.05, 0.1) is 0 Å². The first-order valence-electron chi connectivity index (χ1n) is 13.5. The van der Waals surface area contributed by atoms with E-state index < -0.39 is 0 Å². The zero-order valence-corrected chi connectivity index (χ0v) is 27.5. The van der Waals surface area contributed by atoms with Crippen LogP contribution in [-0.2, 0) is 26.2 Å². The number of benzene rings is 5. The molecule has 0 saturated carbocycles. The molecule has 0 bridgehead atoms. The predicted molar refractivity (Wildman–Crippen MR) is 166 cm³/mol. The first kappa shape index (κ1) is 32.6. The van der Waals surface area contributed by atoms with Gasteiger partial charge in [-0.05, 0) is 27.8 Å². The van der Waals surface area contributed by atoms with E-state index in [1.54, 1.807) is 0 Å². The molecule has 0 amide bonds. The number of fused-ring (bicyclic) bond motifs is 3. The fourth-order valence-corrected chi connectivity index (χ4v) is 5.54. The van der Waals surface area contributed by atoms with Crippen molar-refractivity contribution in [2.75, 3.05) is 0 Å². The van der Waals surface area contributed by atoms with Crippen molar-refractivity contribution < 1.29 is 51.0 Å². The van der Waals surface area contributed by atoms with Gasteiger partial charge in [-0.25, -0.2) is 0 Å². The minimum atomic E-state index is 0. The number of hydrogen-bond donors (Lipinski definition) is 0. The second-order valence-corrected chi connectivity index (χ2v) is 10.5. The Hall–Kier alpha value is -2.96. The van der Waals surface area contributed by atoms with Crippen LogP contribution in [0.25, 0.3) is 54.6 Å². The number of rotatable bonds is 3. The monoisotopic (exact) mass is 648 g/mol. The Labute approximate surface area is 275 Å².